The van der Waals surface area contributed by atoms with E-state index in [0.717, 1.165) is 25.9 Å². The maximum Gasteiger partial charge on any atom is 0.269 e. The summed E-state index contributed by atoms with van der Waals surface area (Å²) in [6.45, 7) is 1.67. The van der Waals surface area contributed by atoms with E-state index >= 15 is 0 Å². The summed E-state index contributed by atoms with van der Waals surface area (Å²) in [4.78, 5) is 25.2. The Morgan fingerprint density at radius 2 is 2.12 bits per heavy atom. The van der Waals surface area contributed by atoms with Crippen LogP contribution in [0.3, 0.4) is 0 Å². The number of carbonyl (C=O) groups excluding carboxylic acids is 2. The number of hydrogen-bond donors (Lipinski definition) is 1. The molecule has 1 aromatic heterocycles. The smallest absolute Gasteiger partial charge is 0.269 e. The molecule has 1 aliphatic rings. The molecule has 2 amide bonds. The van der Waals surface area contributed by atoms with E-state index in [2.05, 4.69) is 10.4 Å². The number of rotatable bonds is 3. The van der Waals surface area contributed by atoms with Crippen molar-refractivity contribution in [3.63, 3.8) is 0 Å². The van der Waals surface area contributed by atoms with Crippen molar-refractivity contribution in [1.82, 2.24) is 20.0 Å². The highest BCUT2D eigenvalue weighted by atomic mass is 16.2. The van der Waals surface area contributed by atoms with Gasteiger partial charge >= 0.3 is 0 Å². The van der Waals surface area contributed by atoms with E-state index in [1.807, 2.05) is 0 Å². The van der Waals surface area contributed by atoms with Crippen molar-refractivity contribution in [2.75, 3.05) is 19.6 Å². The fourth-order valence-electron chi connectivity index (χ4n) is 1.92. The molecule has 2 rings (SSSR count). The number of aromatic nitrogens is 2. The van der Waals surface area contributed by atoms with Gasteiger partial charge in [0.2, 0.25) is 5.91 Å². The SMILES string of the molecule is Cn1nccc1C(=O)NCC(=O)N1CCCC1. The van der Waals surface area contributed by atoms with Crippen LogP contribution in [-0.2, 0) is 11.8 Å². The molecule has 0 atom stereocenters. The molecule has 0 aromatic carbocycles. The van der Waals surface area contributed by atoms with E-state index in [0.29, 0.717) is 5.69 Å². The first-order valence-corrected chi connectivity index (χ1v) is 5.72. The number of nitrogens with one attached hydrogen (secondary N) is 1. The third kappa shape index (κ3) is 2.64. The van der Waals surface area contributed by atoms with Crippen LogP contribution in [-0.4, -0.2) is 46.1 Å². The van der Waals surface area contributed by atoms with Crippen molar-refractivity contribution in [2.45, 2.75) is 12.8 Å². The molecule has 0 spiro atoms. The highest BCUT2D eigenvalue weighted by molar-refractivity contribution is 5.95. The zero-order valence-corrected chi connectivity index (χ0v) is 9.85. The van der Waals surface area contributed by atoms with Crippen LogP contribution in [0.25, 0.3) is 0 Å². The lowest BCUT2D eigenvalue weighted by atomic mass is 10.4. The molecule has 1 N–H and O–H groups in total. The highest BCUT2D eigenvalue weighted by Crippen LogP contribution is 2.06. The summed E-state index contributed by atoms with van der Waals surface area (Å²) in [7, 11) is 1.69. The van der Waals surface area contributed by atoms with E-state index in [1.54, 1.807) is 24.2 Å². The first-order valence-electron chi connectivity index (χ1n) is 5.72. The minimum absolute atomic E-state index is 0.0157. The van der Waals surface area contributed by atoms with Gasteiger partial charge in [-0.1, -0.05) is 0 Å². The molecule has 0 unspecified atom stereocenters. The number of amides is 2. The van der Waals surface area contributed by atoms with Crippen LogP contribution in [0.2, 0.25) is 0 Å². The lowest BCUT2D eigenvalue weighted by Gasteiger charge is -2.15. The minimum atomic E-state index is -0.266. The maximum absolute atomic E-state index is 11.7. The van der Waals surface area contributed by atoms with Crippen LogP contribution in [0.1, 0.15) is 23.3 Å². The molecular weight excluding hydrogens is 220 g/mol. The molecule has 0 radical (unpaired) electrons. The number of likely N-dealkylation sites (tertiary alicyclic amines) is 1. The van der Waals surface area contributed by atoms with Gasteiger partial charge in [0.05, 0.1) is 6.54 Å². The molecule has 1 aliphatic heterocycles. The van der Waals surface area contributed by atoms with Crippen molar-refractivity contribution in [3.05, 3.63) is 18.0 Å². The predicted molar refractivity (Wildman–Crippen MR) is 61.4 cm³/mol. The Morgan fingerprint density at radius 3 is 2.71 bits per heavy atom. The van der Waals surface area contributed by atoms with Gasteiger partial charge in [-0.25, -0.2) is 0 Å². The van der Waals surface area contributed by atoms with Gasteiger partial charge in [0.15, 0.2) is 0 Å². The largest absolute Gasteiger partial charge is 0.342 e. The van der Waals surface area contributed by atoms with Gasteiger partial charge < -0.3 is 10.2 Å². The monoisotopic (exact) mass is 236 g/mol. The fraction of sp³-hybridized carbons (Fsp3) is 0.545. The zero-order valence-electron chi connectivity index (χ0n) is 9.85. The Kier molecular flexibility index (Phi) is 3.41. The molecule has 17 heavy (non-hydrogen) atoms. The van der Waals surface area contributed by atoms with Gasteiger partial charge in [-0.15, -0.1) is 0 Å². The molecule has 6 nitrogen and oxygen atoms in total. The van der Waals surface area contributed by atoms with Gasteiger partial charge in [-0.2, -0.15) is 5.10 Å². The van der Waals surface area contributed by atoms with Crippen LogP contribution in [0.4, 0.5) is 0 Å². The Labute approximate surface area is 99.6 Å². The molecule has 0 saturated carbocycles. The minimum Gasteiger partial charge on any atom is -0.342 e. The molecule has 1 fully saturated rings. The van der Waals surface area contributed by atoms with Crippen LogP contribution < -0.4 is 5.32 Å². The van der Waals surface area contributed by atoms with Crippen LogP contribution in [0.15, 0.2) is 12.3 Å². The zero-order chi connectivity index (χ0) is 12.3. The molecule has 92 valence electrons. The molecule has 6 heteroatoms. The summed E-state index contributed by atoms with van der Waals surface area (Å²) in [6.07, 6.45) is 3.67. The Hall–Kier alpha value is -1.85. The summed E-state index contributed by atoms with van der Waals surface area (Å²) in [5, 5.41) is 6.51. The third-order valence-electron chi connectivity index (χ3n) is 2.91. The second kappa shape index (κ2) is 4.99. The number of nitrogens with zero attached hydrogens (tertiary/aromatic N) is 3. The summed E-state index contributed by atoms with van der Waals surface area (Å²) in [6, 6.07) is 1.62. The third-order valence-corrected chi connectivity index (χ3v) is 2.91. The van der Waals surface area contributed by atoms with Gasteiger partial charge in [0.25, 0.3) is 5.91 Å². The second-order valence-electron chi connectivity index (χ2n) is 4.11. The van der Waals surface area contributed by atoms with E-state index < -0.39 is 0 Å². The van der Waals surface area contributed by atoms with Gasteiger partial charge in [0.1, 0.15) is 5.69 Å². The molecule has 1 saturated heterocycles. The molecule has 0 bridgehead atoms. The van der Waals surface area contributed by atoms with Crippen molar-refractivity contribution >= 4 is 11.8 Å². The number of aryl methyl sites for hydroxylation is 1. The average molecular weight is 236 g/mol. The van der Waals surface area contributed by atoms with Gasteiger partial charge in [-0.3, -0.25) is 14.3 Å². The van der Waals surface area contributed by atoms with Gasteiger partial charge in [-0.05, 0) is 18.9 Å². The van der Waals surface area contributed by atoms with Crippen LogP contribution >= 0.6 is 0 Å². The molecular formula is C11H16N4O2. The lowest BCUT2D eigenvalue weighted by molar-refractivity contribution is -0.129. The topological polar surface area (TPSA) is 67.2 Å². The lowest BCUT2D eigenvalue weighted by Crippen LogP contribution is -2.39. The Bertz CT molecular complexity index is 421. The van der Waals surface area contributed by atoms with E-state index in [4.69, 9.17) is 0 Å². The quantitative estimate of drug-likeness (QED) is 0.788. The van der Waals surface area contributed by atoms with Crippen LogP contribution in [0.5, 0.6) is 0 Å². The Morgan fingerprint density at radius 1 is 1.41 bits per heavy atom. The van der Waals surface area contributed by atoms with E-state index in [1.165, 1.54) is 4.68 Å². The van der Waals surface area contributed by atoms with E-state index in [-0.39, 0.29) is 18.4 Å². The highest BCUT2D eigenvalue weighted by Gasteiger charge is 2.18. The summed E-state index contributed by atoms with van der Waals surface area (Å²) in [5.41, 5.74) is 0.458. The normalized spacial score (nSPS) is 15.0. The van der Waals surface area contributed by atoms with Crippen molar-refractivity contribution in [2.24, 2.45) is 7.05 Å². The predicted octanol–water partition coefficient (Wildman–Crippen LogP) is -0.228. The van der Waals surface area contributed by atoms with Crippen LogP contribution in [0, 0.1) is 0 Å². The fourth-order valence-corrected chi connectivity index (χ4v) is 1.92. The summed E-state index contributed by atoms with van der Waals surface area (Å²) < 4.78 is 1.48. The van der Waals surface area contributed by atoms with Crippen molar-refractivity contribution < 1.29 is 9.59 Å². The molecule has 0 aliphatic carbocycles. The van der Waals surface area contributed by atoms with Crippen molar-refractivity contribution in [3.8, 4) is 0 Å². The molecule has 2 heterocycles. The van der Waals surface area contributed by atoms with Gasteiger partial charge in [0, 0.05) is 26.3 Å². The van der Waals surface area contributed by atoms with E-state index in [9.17, 15) is 9.59 Å². The summed E-state index contributed by atoms with van der Waals surface area (Å²) in [5.74, 6) is -0.282. The van der Waals surface area contributed by atoms with Crippen molar-refractivity contribution in [1.29, 1.82) is 0 Å². The summed E-state index contributed by atoms with van der Waals surface area (Å²) >= 11 is 0. The Balaban J connectivity index is 1.84. The molecule has 1 aromatic rings. The number of hydrogen-bond acceptors (Lipinski definition) is 3. The first kappa shape index (κ1) is 11.6. The average Bonchev–Trinajstić information content (AvgIpc) is 2.95. The maximum atomic E-state index is 11.7. The first-order chi connectivity index (χ1) is 8.18. The second-order valence-corrected chi connectivity index (χ2v) is 4.11. The number of carbonyl (C=O) groups is 2. The standard InChI is InChI=1S/C11H16N4O2/c1-14-9(4-5-13-14)11(17)12-8-10(16)15-6-2-3-7-15/h4-5H,2-3,6-8H2,1H3,(H,12,17).